The van der Waals surface area contributed by atoms with E-state index in [0.29, 0.717) is 23.0 Å². The molecule has 3 nitrogen and oxygen atoms in total. The Bertz CT molecular complexity index is 720. The van der Waals surface area contributed by atoms with Crippen LogP contribution in [0.5, 0.6) is 0 Å². The van der Waals surface area contributed by atoms with E-state index in [4.69, 9.17) is 11.6 Å². The quantitative estimate of drug-likeness (QED) is 0.730. The van der Waals surface area contributed by atoms with Crippen LogP contribution in [-0.4, -0.2) is 14.5 Å². The highest BCUT2D eigenvalue weighted by molar-refractivity contribution is 6.33. The Morgan fingerprint density at radius 3 is 2.67 bits per heavy atom. The number of hydrogen-bond acceptors (Lipinski definition) is 2. The van der Waals surface area contributed by atoms with Crippen LogP contribution >= 0.6 is 11.6 Å². The van der Waals surface area contributed by atoms with Crippen LogP contribution in [0, 0.1) is 5.82 Å². The Kier molecular flexibility index (Phi) is 3.97. The molecule has 0 unspecified atom stereocenters. The van der Waals surface area contributed by atoms with Crippen LogP contribution in [-0.2, 0) is 13.0 Å². The molecule has 5 heteroatoms. The summed E-state index contributed by atoms with van der Waals surface area (Å²) < 4.78 is 15.9. The monoisotopic (exact) mass is 301 g/mol. The summed E-state index contributed by atoms with van der Waals surface area (Å²) in [6.07, 6.45) is 7.83. The van der Waals surface area contributed by atoms with E-state index in [1.165, 1.54) is 11.6 Å². The lowest BCUT2D eigenvalue weighted by atomic mass is 10.1. The minimum absolute atomic E-state index is 0.346. The number of rotatable bonds is 4. The minimum Gasteiger partial charge on any atom is -0.331 e. The fraction of sp³-hybridized carbons (Fsp3) is 0.125. The molecule has 0 atom stereocenters. The summed E-state index contributed by atoms with van der Waals surface area (Å²) in [4.78, 5) is 8.24. The fourth-order valence-corrected chi connectivity index (χ4v) is 2.48. The highest BCUT2D eigenvalue weighted by Crippen LogP contribution is 2.29. The molecule has 106 valence electrons. The number of aryl methyl sites for hydroxylation is 2. The summed E-state index contributed by atoms with van der Waals surface area (Å²) >= 11 is 6.11. The Morgan fingerprint density at radius 1 is 1.10 bits per heavy atom. The molecule has 0 aliphatic rings. The van der Waals surface area contributed by atoms with Gasteiger partial charge in [0, 0.05) is 31.3 Å². The third-order valence-electron chi connectivity index (χ3n) is 3.29. The van der Waals surface area contributed by atoms with Crippen molar-refractivity contribution in [2.45, 2.75) is 13.0 Å². The molecule has 3 aromatic rings. The number of halogens is 2. The van der Waals surface area contributed by atoms with Gasteiger partial charge < -0.3 is 4.57 Å². The molecule has 2 heterocycles. The zero-order chi connectivity index (χ0) is 14.7. The van der Waals surface area contributed by atoms with Crippen LogP contribution in [0.1, 0.15) is 5.56 Å². The molecular formula is C16H13ClFN3. The van der Waals surface area contributed by atoms with Crippen molar-refractivity contribution < 1.29 is 4.39 Å². The van der Waals surface area contributed by atoms with E-state index in [2.05, 4.69) is 9.97 Å². The summed E-state index contributed by atoms with van der Waals surface area (Å²) in [5.41, 5.74) is 1.52. The molecule has 2 aromatic heterocycles. The Hall–Kier alpha value is -2.20. The second-order valence-electron chi connectivity index (χ2n) is 4.65. The van der Waals surface area contributed by atoms with Gasteiger partial charge in [-0.3, -0.25) is 4.98 Å². The van der Waals surface area contributed by atoms with Crippen LogP contribution in [0.15, 0.2) is 55.1 Å². The Labute approximate surface area is 127 Å². The van der Waals surface area contributed by atoms with Crippen molar-refractivity contribution >= 4 is 11.6 Å². The second-order valence-corrected chi connectivity index (χ2v) is 5.05. The molecular weight excluding hydrogens is 289 g/mol. The molecule has 0 fully saturated rings. The van der Waals surface area contributed by atoms with E-state index in [1.54, 1.807) is 30.7 Å². The number of pyridine rings is 1. The topological polar surface area (TPSA) is 30.7 Å². The summed E-state index contributed by atoms with van der Waals surface area (Å²) in [5.74, 6) is 0.186. The average Bonchev–Trinajstić information content (AvgIpc) is 2.94. The average molecular weight is 302 g/mol. The van der Waals surface area contributed by atoms with Crippen LogP contribution in [0.25, 0.3) is 11.4 Å². The van der Waals surface area contributed by atoms with Crippen molar-refractivity contribution in [2.75, 3.05) is 0 Å². The summed E-state index contributed by atoms with van der Waals surface area (Å²) in [6.45, 7) is 0.698. The maximum absolute atomic E-state index is 14.0. The second kappa shape index (κ2) is 6.06. The molecule has 0 amide bonds. The highest BCUT2D eigenvalue weighted by atomic mass is 35.5. The molecule has 0 saturated heterocycles. The van der Waals surface area contributed by atoms with Gasteiger partial charge in [-0.2, -0.15) is 0 Å². The first kappa shape index (κ1) is 13.8. The van der Waals surface area contributed by atoms with Crippen LogP contribution in [0.2, 0.25) is 5.02 Å². The molecule has 3 rings (SSSR count). The largest absolute Gasteiger partial charge is 0.331 e. The first-order valence-corrected chi connectivity index (χ1v) is 6.98. The molecule has 0 N–H and O–H groups in total. The maximum atomic E-state index is 14.0. The third kappa shape index (κ3) is 2.95. The van der Waals surface area contributed by atoms with Crippen LogP contribution in [0.3, 0.4) is 0 Å². The third-order valence-corrected chi connectivity index (χ3v) is 3.61. The normalized spacial score (nSPS) is 10.8. The van der Waals surface area contributed by atoms with Crippen molar-refractivity contribution in [1.82, 2.24) is 14.5 Å². The number of nitrogens with zero attached hydrogens (tertiary/aromatic N) is 3. The Morgan fingerprint density at radius 2 is 1.90 bits per heavy atom. The van der Waals surface area contributed by atoms with Gasteiger partial charge in [0.15, 0.2) is 0 Å². The van der Waals surface area contributed by atoms with Gasteiger partial charge in [-0.1, -0.05) is 17.7 Å². The van der Waals surface area contributed by atoms with Gasteiger partial charge in [-0.25, -0.2) is 9.37 Å². The van der Waals surface area contributed by atoms with E-state index in [1.807, 2.05) is 22.9 Å². The summed E-state index contributed by atoms with van der Waals surface area (Å²) in [5, 5.41) is 0.367. The van der Waals surface area contributed by atoms with E-state index in [0.717, 1.165) is 6.42 Å². The lowest BCUT2D eigenvalue weighted by Gasteiger charge is -2.10. The van der Waals surface area contributed by atoms with Crippen molar-refractivity contribution in [1.29, 1.82) is 0 Å². The van der Waals surface area contributed by atoms with Gasteiger partial charge in [0.1, 0.15) is 11.6 Å². The zero-order valence-electron chi connectivity index (χ0n) is 11.2. The van der Waals surface area contributed by atoms with Gasteiger partial charge >= 0.3 is 0 Å². The van der Waals surface area contributed by atoms with Gasteiger partial charge in [0.05, 0.1) is 10.6 Å². The van der Waals surface area contributed by atoms with Crippen molar-refractivity contribution in [2.24, 2.45) is 0 Å². The first-order chi connectivity index (χ1) is 10.3. The van der Waals surface area contributed by atoms with Crippen molar-refractivity contribution in [3.05, 3.63) is 71.5 Å². The van der Waals surface area contributed by atoms with Gasteiger partial charge in [-0.15, -0.1) is 0 Å². The van der Waals surface area contributed by atoms with Crippen LogP contribution < -0.4 is 0 Å². The van der Waals surface area contributed by atoms with Gasteiger partial charge in [-0.05, 0) is 36.2 Å². The van der Waals surface area contributed by atoms with E-state index >= 15 is 0 Å². The predicted octanol–water partition coefficient (Wildman–Crippen LogP) is 3.98. The highest BCUT2D eigenvalue weighted by Gasteiger charge is 2.14. The summed E-state index contributed by atoms with van der Waals surface area (Å²) in [7, 11) is 0. The molecule has 0 saturated carbocycles. The number of hydrogen-bond donors (Lipinski definition) is 0. The smallest absolute Gasteiger partial charge is 0.144 e. The van der Waals surface area contributed by atoms with E-state index in [9.17, 15) is 4.39 Å². The minimum atomic E-state index is -0.362. The molecule has 0 radical (unpaired) electrons. The standard InChI is InChI=1S/C16H13ClFN3/c17-13-2-1-3-14(18)15(13)16-20-9-11-21(16)10-6-12-4-7-19-8-5-12/h1-5,7-9,11H,6,10H2. The van der Waals surface area contributed by atoms with Crippen molar-refractivity contribution in [3.8, 4) is 11.4 Å². The molecule has 0 aliphatic heterocycles. The molecule has 1 aromatic carbocycles. The predicted molar refractivity (Wildman–Crippen MR) is 80.6 cm³/mol. The van der Waals surface area contributed by atoms with Gasteiger partial charge in [0.2, 0.25) is 0 Å². The van der Waals surface area contributed by atoms with E-state index < -0.39 is 0 Å². The molecule has 0 bridgehead atoms. The zero-order valence-corrected chi connectivity index (χ0v) is 12.0. The lowest BCUT2D eigenvalue weighted by Crippen LogP contribution is -2.04. The Balaban J connectivity index is 1.88. The summed E-state index contributed by atoms with van der Waals surface area (Å²) in [6, 6.07) is 8.58. The molecule has 21 heavy (non-hydrogen) atoms. The first-order valence-electron chi connectivity index (χ1n) is 6.60. The van der Waals surface area contributed by atoms with Crippen molar-refractivity contribution in [3.63, 3.8) is 0 Å². The van der Waals surface area contributed by atoms with E-state index in [-0.39, 0.29) is 5.82 Å². The number of benzene rings is 1. The molecule has 0 aliphatic carbocycles. The maximum Gasteiger partial charge on any atom is 0.144 e. The SMILES string of the molecule is Fc1cccc(Cl)c1-c1nccn1CCc1ccncc1. The van der Waals surface area contributed by atoms with Gasteiger partial charge in [0.25, 0.3) is 0 Å². The lowest BCUT2D eigenvalue weighted by molar-refractivity contribution is 0.625. The number of aromatic nitrogens is 3. The number of imidazole rings is 1. The molecule has 0 spiro atoms. The fourth-order valence-electron chi connectivity index (χ4n) is 2.23. The van der Waals surface area contributed by atoms with Crippen LogP contribution in [0.4, 0.5) is 4.39 Å².